The number of anilines is 1. The molecule has 0 atom stereocenters. The second kappa shape index (κ2) is 7.27. The Morgan fingerprint density at radius 1 is 1.33 bits per heavy atom. The summed E-state index contributed by atoms with van der Waals surface area (Å²) in [5, 5.41) is 9.35. The molecule has 0 aliphatic rings. The predicted molar refractivity (Wildman–Crippen MR) is 92.3 cm³/mol. The summed E-state index contributed by atoms with van der Waals surface area (Å²) in [6.07, 6.45) is 0.924. The third-order valence-electron chi connectivity index (χ3n) is 3.39. The molecule has 7 heteroatoms. The molecule has 124 valence electrons. The molecule has 1 aromatic carbocycles. The average Bonchev–Trinajstić information content (AvgIpc) is 3.22. The van der Waals surface area contributed by atoms with Gasteiger partial charge >= 0.3 is 0 Å². The molecule has 1 amide bonds. The minimum atomic E-state index is -0.109. The van der Waals surface area contributed by atoms with Crippen LogP contribution >= 0.6 is 11.3 Å². The lowest BCUT2D eigenvalue weighted by Crippen LogP contribution is -2.12. The Bertz CT molecular complexity index is 824. The molecule has 0 saturated heterocycles. The molecule has 0 aliphatic carbocycles. The Morgan fingerprint density at radius 2 is 2.12 bits per heavy atom. The molecule has 3 aromatic rings. The summed E-state index contributed by atoms with van der Waals surface area (Å²) < 4.78 is 10.1. The van der Waals surface area contributed by atoms with Gasteiger partial charge in [0.05, 0.1) is 12.8 Å². The lowest BCUT2D eigenvalue weighted by Gasteiger charge is -2.01. The van der Waals surface area contributed by atoms with Crippen molar-refractivity contribution in [3.63, 3.8) is 0 Å². The van der Waals surface area contributed by atoms with Gasteiger partial charge in [0.1, 0.15) is 16.5 Å². The van der Waals surface area contributed by atoms with Crippen molar-refractivity contribution in [1.29, 1.82) is 0 Å². The molecule has 0 spiro atoms. The van der Waals surface area contributed by atoms with Crippen LogP contribution in [0.2, 0.25) is 0 Å². The summed E-state index contributed by atoms with van der Waals surface area (Å²) in [5.74, 6) is 1.81. The van der Waals surface area contributed by atoms with Gasteiger partial charge in [-0.1, -0.05) is 5.16 Å². The fourth-order valence-corrected chi connectivity index (χ4v) is 3.02. The van der Waals surface area contributed by atoms with Crippen molar-refractivity contribution < 1.29 is 14.1 Å². The van der Waals surface area contributed by atoms with Crippen molar-refractivity contribution in [2.24, 2.45) is 0 Å². The number of aryl methyl sites for hydroxylation is 2. The number of ether oxygens (including phenoxy) is 1. The van der Waals surface area contributed by atoms with Gasteiger partial charge in [0, 0.05) is 23.4 Å². The molecule has 0 aliphatic heterocycles. The van der Waals surface area contributed by atoms with Crippen LogP contribution in [-0.4, -0.2) is 23.2 Å². The zero-order valence-electron chi connectivity index (χ0n) is 13.4. The summed E-state index contributed by atoms with van der Waals surface area (Å²) in [4.78, 5) is 16.5. The maximum absolute atomic E-state index is 11.9. The number of methoxy groups -OCH3 is 1. The van der Waals surface area contributed by atoms with Crippen LogP contribution in [0.1, 0.15) is 17.9 Å². The largest absolute Gasteiger partial charge is 0.497 e. The number of aromatic nitrogens is 2. The lowest BCUT2D eigenvalue weighted by molar-refractivity contribution is -0.116. The van der Waals surface area contributed by atoms with E-state index in [1.165, 1.54) is 0 Å². The van der Waals surface area contributed by atoms with Gasteiger partial charge in [-0.25, -0.2) is 4.98 Å². The Kier molecular flexibility index (Phi) is 4.90. The molecule has 0 unspecified atom stereocenters. The van der Waals surface area contributed by atoms with Gasteiger partial charge in [-0.3, -0.25) is 4.79 Å². The van der Waals surface area contributed by atoms with Crippen LogP contribution in [0.3, 0.4) is 0 Å². The number of benzene rings is 1. The molecular weight excluding hydrogens is 326 g/mol. The molecular formula is C17H17N3O3S. The Hall–Kier alpha value is -2.67. The molecule has 2 heterocycles. The van der Waals surface area contributed by atoms with E-state index in [4.69, 9.17) is 9.26 Å². The Balaban J connectivity index is 1.56. The maximum Gasteiger partial charge on any atom is 0.226 e. The number of nitrogens with zero attached hydrogens (tertiary/aromatic N) is 2. The summed E-state index contributed by atoms with van der Waals surface area (Å²) in [7, 11) is 1.64. The van der Waals surface area contributed by atoms with Crippen molar-refractivity contribution >= 4 is 23.1 Å². The van der Waals surface area contributed by atoms with Gasteiger partial charge in [-0.05, 0) is 37.6 Å². The summed E-state index contributed by atoms with van der Waals surface area (Å²) in [5.41, 5.74) is 1.94. The third kappa shape index (κ3) is 3.99. The highest BCUT2D eigenvalue weighted by Crippen LogP contribution is 2.26. The zero-order valence-corrected chi connectivity index (χ0v) is 14.2. The molecule has 0 saturated carbocycles. The molecule has 6 nitrogen and oxygen atoms in total. The Labute approximate surface area is 143 Å². The highest BCUT2D eigenvalue weighted by Gasteiger charge is 2.09. The van der Waals surface area contributed by atoms with Crippen molar-refractivity contribution in [2.75, 3.05) is 12.4 Å². The quantitative estimate of drug-likeness (QED) is 0.738. The van der Waals surface area contributed by atoms with E-state index < -0.39 is 0 Å². The van der Waals surface area contributed by atoms with Gasteiger partial charge in [0.2, 0.25) is 5.91 Å². The number of nitrogens with one attached hydrogen (secondary N) is 1. The van der Waals surface area contributed by atoms with Crippen LogP contribution in [0.15, 0.2) is 40.2 Å². The number of carbonyl (C=O) groups is 1. The van der Waals surface area contributed by atoms with Crippen molar-refractivity contribution in [3.8, 4) is 16.3 Å². The topological polar surface area (TPSA) is 77.2 Å². The monoisotopic (exact) mass is 343 g/mol. The van der Waals surface area contributed by atoms with Gasteiger partial charge in [0.15, 0.2) is 5.82 Å². The first-order valence-corrected chi connectivity index (χ1v) is 8.34. The van der Waals surface area contributed by atoms with Crippen LogP contribution in [0.4, 0.5) is 5.82 Å². The normalized spacial score (nSPS) is 10.6. The summed E-state index contributed by atoms with van der Waals surface area (Å²) in [6, 6.07) is 9.44. The first-order chi connectivity index (χ1) is 11.6. The fourth-order valence-electron chi connectivity index (χ4n) is 2.16. The van der Waals surface area contributed by atoms with Crippen LogP contribution in [0, 0.1) is 6.92 Å². The summed E-state index contributed by atoms with van der Waals surface area (Å²) in [6.45, 7) is 1.78. The van der Waals surface area contributed by atoms with Crippen LogP contribution in [0.25, 0.3) is 10.6 Å². The molecule has 24 heavy (non-hydrogen) atoms. The Morgan fingerprint density at radius 3 is 2.79 bits per heavy atom. The van der Waals surface area contributed by atoms with Crippen molar-refractivity contribution in [1.82, 2.24) is 10.1 Å². The summed E-state index contributed by atoms with van der Waals surface area (Å²) >= 11 is 1.56. The zero-order chi connectivity index (χ0) is 16.9. The van der Waals surface area contributed by atoms with Crippen LogP contribution < -0.4 is 10.1 Å². The highest BCUT2D eigenvalue weighted by molar-refractivity contribution is 7.13. The van der Waals surface area contributed by atoms with E-state index in [1.54, 1.807) is 31.4 Å². The number of carbonyl (C=O) groups excluding carboxylic acids is 1. The SMILES string of the molecule is COc1ccc(-c2nc(CCC(=O)Nc3cc(C)on3)cs2)cc1. The van der Waals surface area contributed by atoms with E-state index >= 15 is 0 Å². The van der Waals surface area contributed by atoms with Gasteiger partial charge < -0.3 is 14.6 Å². The smallest absolute Gasteiger partial charge is 0.226 e. The molecule has 0 bridgehead atoms. The maximum atomic E-state index is 11.9. The van der Waals surface area contributed by atoms with Crippen molar-refractivity contribution in [2.45, 2.75) is 19.8 Å². The number of hydrogen-bond donors (Lipinski definition) is 1. The van der Waals surface area contributed by atoms with E-state index in [9.17, 15) is 4.79 Å². The lowest BCUT2D eigenvalue weighted by atomic mass is 10.2. The minimum absolute atomic E-state index is 0.109. The van der Waals surface area contributed by atoms with Crippen molar-refractivity contribution in [3.05, 3.63) is 47.2 Å². The molecule has 3 rings (SSSR count). The average molecular weight is 343 g/mol. The molecule has 2 aromatic heterocycles. The third-order valence-corrected chi connectivity index (χ3v) is 4.33. The first-order valence-electron chi connectivity index (χ1n) is 7.46. The van der Waals surface area contributed by atoms with Crippen LogP contribution in [-0.2, 0) is 11.2 Å². The van der Waals surface area contributed by atoms with E-state index in [2.05, 4.69) is 15.5 Å². The van der Waals surface area contributed by atoms with Gasteiger partial charge in [0.25, 0.3) is 0 Å². The number of rotatable bonds is 6. The highest BCUT2D eigenvalue weighted by atomic mass is 32.1. The van der Waals surface area contributed by atoms with E-state index in [-0.39, 0.29) is 5.91 Å². The van der Waals surface area contributed by atoms with Gasteiger partial charge in [-0.15, -0.1) is 11.3 Å². The van der Waals surface area contributed by atoms with Gasteiger partial charge in [-0.2, -0.15) is 0 Å². The van der Waals surface area contributed by atoms with E-state index in [0.29, 0.717) is 24.4 Å². The first kappa shape index (κ1) is 16.2. The number of thiazole rings is 1. The fraction of sp³-hybridized carbons (Fsp3) is 0.235. The molecule has 1 N–H and O–H groups in total. The minimum Gasteiger partial charge on any atom is -0.497 e. The van der Waals surface area contributed by atoms with E-state index in [1.807, 2.05) is 29.6 Å². The standard InChI is InChI=1S/C17H17N3O3S/c1-11-9-15(20-23-11)19-16(21)8-5-13-10-24-17(18-13)12-3-6-14(22-2)7-4-12/h3-4,6-7,9-10H,5,8H2,1-2H3,(H,19,20,21). The molecule has 0 radical (unpaired) electrons. The number of amides is 1. The second-order valence-electron chi connectivity index (χ2n) is 5.24. The predicted octanol–water partition coefficient (Wildman–Crippen LogP) is 3.69. The number of hydrogen-bond acceptors (Lipinski definition) is 6. The van der Waals surface area contributed by atoms with E-state index in [0.717, 1.165) is 22.0 Å². The molecule has 0 fully saturated rings. The van der Waals surface area contributed by atoms with Crippen LogP contribution in [0.5, 0.6) is 5.75 Å². The second-order valence-corrected chi connectivity index (χ2v) is 6.10.